The molecule has 0 atom stereocenters. The van der Waals surface area contributed by atoms with Gasteiger partial charge in [-0.2, -0.15) is 0 Å². The van der Waals surface area contributed by atoms with E-state index in [1.807, 2.05) is 6.07 Å². The van der Waals surface area contributed by atoms with Gasteiger partial charge in [0.05, 0.1) is 0 Å². The van der Waals surface area contributed by atoms with Gasteiger partial charge >= 0.3 is 0 Å². The number of benzene rings is 2. The molecule has 0 fully saturated rings. The van der Waals surface area contributed by atoms with Crippen LogP contribution in [0.25, 0.3) is 11.1 Å². The van der Waals surface area contributed by atoms with Crippen LogP contribution in [0.4, 0.5) is 8.78 Å². The van der Waals surface area contributed by atoms with E-state index in [1.165, 1.54) is 12.1 Å². The molecule has 0 bridgehead atoms. The van der Waals surface area contributed by atoms with Gasteiger partial charge in [-0.05, 0) is 42.3 Å². The van der Waals surface area contributed by atoms with Crippen molar-refractivity contribution in [1.29, 1.82) is 0 Å². The van der Waals surface area contributed by atoms with Crippen LogP contribution in [-0.2, 0) is 6.54 Å². The van der Waals surface area contributed by atoms with Crippen molar-refractivity contribution in [1.82, 2.24) is 5.32 Å². The predicted octanol–water partition coefficient (Wildman–Crippen LogP) is 4.78. The van der Waals surface area contributed by atoms with Crippen molar-refractivity contribution < 1.29 is 8.78 Å². The molecule has 1 N–H and O–H groups in total. The van der Waals surface area contributed by atoms with E-state index in [-0.39, 0.29) is 0 Å². The highest BCUT2D eigenvalue weighted by atomic mass is 35.5. The highest BCUT2D eigenvalue weighted by molar-refractivity contribution is 6.31. The van der Waals surface area contributed by atoms with E-state index in [1.54, 1.807) is 12.1 Å². The number of rotatable bonds is 5. The van der Waals surface area contributed by atoms with Gasteiger partial charge in [-0.25, -0.2) is 8.78 Å². The van der Waals surface area contributed by atoms with Crippen LogP contribution in [0.5, 0.6) is 0 Å². The minimum absolute atomic E-state index is 0.348. The minimum Gasteiger partial charge on any atom is -0.313 e. The molecule has 106 valence electrons. The minimum atomic E-state index is -0.585. The Hall–Kier alpha value is -1.45. The van der Waals surface area contributed by atoms with E-state index in [0.717, 1.165) is 24.6 Å². The molecule has 0 aliphatic heterocycles. The molecule has 0 radical (unpaired) electrons. The number of nitrogens with one attached hydrogen (secondary N) is 1. The third-order valence-corrected chi connectivity index (χ3v) is 3.39. The standard InChI is InChI=1S/C16H16ClF2N/c1-2-7-20-10-12-4-3-11(8-15(12)17)14-6-5-13(18)9-16(14)19/h3-6,8-9,20H,2,7,10H2,1H3. The molecule has 0 aliphatic carbocycles. The largest absolute Gasteiger partial charge is 0.313 e. The molecule has 2 aromatic carbocycles. The summed E-state index contributed by atoms with van der Waals surface area (Å²) < 4.78 is 26.6. The molecular weight excluding hydrogens is 280 g/mol. The normalized spacial score (nSPS) is 10.8. The molecule has 0 saturated carbocycles. The summed E-state index contributed by atoms with van der Waals surface area (Å²) in [6.07, 6.45) is 1.05. The van der Waals surface area contributed by atoms with Gasteiger partial charge in [-0.1, -0.05) is 30.7 Å². The van der Waals surface area contributed by atoms with Crippen LogP contribution in [0.15, 0.2) is 36.4 Å². The van der Waals surface area contributed by atoms with Crippen molar-refractivity contribution in [2.75, 3.05) is 6.54 Å². The Morgan fingerprint density at radius 1 is 1.10 bits per heavy atom. The zero-order valence-corrected chi connectivity index (χ0v) is 12.0. The summed E-state index contributed by atoms with van der Waals surface area (Å²) in [4.78, 5) is 0. The van der Waals surface area contributed by atoms with Crippen molar-refractivity contribution >= 4 is 11.6 Å². The number of halogens is 3. The lowest BCUT2D eigenvalue weighted by Crippen LogP contribution is -2.13. The van der Waals surface area contributed by atoms with E-state index in [0.29, 0.717) is 22.7 Å². The molecule has 4 heteroatoms. The fraction of sp³-hybridized carbons (Fsp3) is 0.250. The Balaban J connectivity index is 2.24. The first-order chi connectivity index (χ1) is 9.61. The average molecular weight is 296 g/mol. The Morgan fingerprint density at radius 2 is 1.90 bits per heavy atom. The molecule has 0 amide bonds. The molecule has 20 heavy (non-hydrogen) atoms. The molecule has 2 aromatic rings. The van der Waals surface area contributed by atoms with Crippen LogP contribution < -0.4 is 5.32 Å². The van der Waals surface area contributed by atoms with Crippen molar-refractivity contribution in [3.63, 3.8) is 0 Å². The fourth-order valence-electron chi connectivity index (χ4n) is 1.98. The summed E-state index contributed by atoms with van der Waals surface area (Å²) in [6, 6.07) is 8.91. The van der Waals surface area contributed by atoms with E-state index in [4.69, 9.17) is 11.6 Å². The van der Waals surface area contributed by atoms with E-state index < -0.39 is 11.6 Å². The Kier molecular flexibility index (Phi) is 5.10. The van der Waals surface area contributed by atoms with Gasteiger partial charge in [0.2, 0.25) is 0 Å². The lowest BCUT2D eigenvalue weighted by atomic mass is 10.0. The third kappa shape index (κ3) is 3.56. The molecule has 0 aliphatic rings. The van der Waals surface area contributed by atoms with Crippen molar-refractivity contribution in [3.8, 4) is 11.1 Å². The van der Waals surface area contributed by atoms with E-state index >= 15 is 0 Å². The molecular formula is C16H16ClF2N. The van der Waals surface area contributed by atoms with Gasteiger partial charge in [-0.15, -0.1) is 0 Å². The summed E-state index contributed by atoms with van der Waals surface area (Å²) in [5.41, 5.74) is 1.96. The second-order valence-electron chi connectivity index (χ2n) is 4.61. The smallest absolute Gasteiger partial charge is 0.133 e. The van der Waals surface area contributed by atoms with Crippen LogP contribution in [0.1, 0.15) is 18.9 Å². The molecule has 0 saturated heterocycles. The molecule has 2 rings (SSSR count). The Morgan fingerprint density at radius 3 is 2.55 bits per heavy atom. The van der Waals surface area contributed by atoms with E-state index in [9.17, 15) is 8.78 Å². The maximum atomic E-state index is 13.7. The third-order valence-electron chi connectivity index (χ3n) is 3.04. The highest BCUT2D eigenvalue weighted by Gasteiger charge is 2.08. The van der Waals surface area contributed by atoms with Crippen molar-refractivity contribution in [2.45, 2.75) is 19.9 Å². The summed E-state index contributed by atoms with van der Waals surface area (Å²) in [5, 5.41) is 3.84. The second kappa shape index (κ2) is 6.82. The van der Waals surface area contributed by atoms with Gasteiger partial charge < -0.3 is 5.32 Å². The fourth-order valence-corrected chi connectivity index (χ4v) is 2.23. The Labute approximate surface area is 122 Å². The molecule has 0 aromatic heterocycles. The zero-order chi connectivity index (χ0) is 14.5. The van der Waals surface area contributed by atoms with Gasteiger partial charge in [0.15, 0.2) is 0 Å². The lowest BCUT2D eigenvalue weighted by Gasteiger charge is -2.09. The van der Waals surface area contributed by atoms with E-state index in [2.05, 4.69) is 12.2 Å². The maximum Gasteiger partial charge on any atom is 0.133 e. The quantitative estimate of drug-likeness (QED) is 0.782. The second-order valence-corrected chi connectivity index (χ2v) is 5.01. The van der Waals surface area contributed by atoms with Crippen LogP contribution >= 0.6 is 11.6 Å². The predicted molar refractivity (Wildman–Crippen MR) is 78.8 cm³/mol. The van der Waals surface area contributed by atoms with Gasteiger partial charge in [0.25, 0.3) is 0 Å². The molecule has 0 unspecified atom stereocenters. The SMILES string of the molecule is CCCNCc1ccc(-c2ccc(F)cc2F)cc1Cl. The first-order valence-corrected chi connectivity index (χ1v) is 6.94. The zero-order valence-electron chi connectivity index (χ0n) is 11.2. The Bertz CT molecular complexity index is 599. The maximum absolute atomic E-state index is 13.7. The molecule has 0 heterocycles. The lowest BCUT2D eigenvalue weighted by molar-refractivity contribution is 0.585. The number of hydrogen-bond acceptors (Lipinski definition) is 1. The first-order valence-electron chi connectivity index (χ1n) is 6.56. The van der Waals surface area contributed by atoms with Crippen LogP contribution in [0, 0.1) is 11.6 Å². The topological polar surface area (TPSA) is 12.0 Å². The van der Waals surface area contributed by atoms with Crippen LogP contribution in [0.3, 0.4) is 0 Å². The summed E-state index contributed by atoms with van der Waals surface area (Å²) in [5.74, 6) is -1.17. The van der Waals surface area contributed by atoms with Crippen LogP contribution in [-0.4, -0.2) is 6.54 Å². The molecule has 0 spiro atoms. The summed E-state index contributed by atoms with van der Waals surface area (Å²) in [6.45, 7) is 3.69. The van der Waals surface area contributed by atoms with Gasteiger partial charge in [0.1, 0.15) is 11.6 Å². The number of hydrogen-bond donors (Lipinski definition) is 1. The van der Waals surface area contributed by atoms with Crippen molar-refractivity contribution in [3.05, 3.63) is 58.6 Å². The van der Waals surface area contributed by atoms with Crippen molar-refractivity contribution in [2.24, 2.45) is 0 Å². The summed E-state index contributed by atoms with van der Waals surface area (Å²) in [7, 11) is 0. The highest BCUT2D eigenvalue weighted by Crippen LogP contribution is 2.28. The average Bonchev–Trinajstić information content (AvgIpc) is 2.41. The first kappa shape index (κ1) is 14.9. The van der Waals surface area contributed by atoms with Gasteiger partial charge in [-0.3, -0.25) is 0 Å². The monoisotopic (exact) mass is 295 g/mol. The van der Waals surface area contributed by atoms with Crippen LogP contribution in [0.2, 0.25) is 5.02 Å². The molecule has 1 nitrogen and oxygen atoms in total. The van der Waals surface area contributed by atoms with Gasteiger partial charge in [0, 0.05) is 23.2 Å². The summed E-state index contributed by atoms with van der Waals surface area (Å²) >= 11 is 6.21.